The van der Waals surface area contributed by atoms with Gasteiger partial charge in [-0.2, -0.15) is 0 Å². The molecule has 0 spiro atoms. The second-order valence-corrected chi connectivity index (χ2v) is 9.84. The molecule has 3 aromatic carbocycles. The van der Waals surface area contributed by atoms with Crippen molar-refractivity contribution in [2.45, 2.75) is 19.6 Å². The second-order valence-electron chi connectivity index (χ2n) is 9.84. The lowest BCUT2D eigenvalue weighted by molar-refractivity contribution is -0.140. The smallest absolute Gasteiger partial charge is 0.295 e. The van der Waals surface area contributed by atoms with E-state index in [-0.39, 0.29) is 17.1 Å². The van der Waals surface area contributed by atoms with Crippen molar-refractivity contribution < 1.29 is 29.3 Å². The number of phenolic OH excluding ortho intramolecular Hbond substituents is 1. The van der Waals surface area contributed by atoms with Gasteiger partial charge in [-0.25, -0.2) is 0 Å². The fraction of sp³-hybridized carbons (Fsp3) is 0.290. The molecule has 2 saturated heterocycles. The van der Waals surface area contributed by atoms with Crippen LogP contribution >= 0.6 is 0 Å². The number of rotatable bonds is 8. The summed E-state index contributed by atoms with van der Waals surface area (Å²) >= 11 is 0. The number of amides is 1. The van der Waals surface area contributed by atoms with Gasteiger partial charge in [-0.05, 0) is 54.4 Å². The van der Waals surface area contributed by atoms with Crippen molar-refractivity contribution in [3.8, 4) is 11.5 Å². The Hall–Kier alpha value is -4.14. The van der Waals surface area contributed by atoms with E-state index in [1.54, 1.807) is 36.4 Å². The highest BCUT2D eigenvalue weighted by Crippen LogP contribution is 2.39. The van der Waals surface area contributed by atoms with E-state index in [2.05, 4.69) is 11.0 Å². The van der Waals surface area contributed by atoms with E-state index in [9.17, 15) is 19.8 Å². The van der Waals surface area contributed by atoms with E-state index in [1.807, 2.05) is 25.1 Å². The minimum absolute atomic E-state index is 0.0288. The molecular weight excluding hydrogens is 496 g/mol. The number of hydrogen-bond acceptors (Lipinski definition) is 7. The number of Topliss-reactive ketones (excluding diaryl/α,β-unsaturated/α-hetero) is 1. The number of aliphatic hydroxyl groups excluding tert-OH is 1. The maximum Gasteiger partial charge on any atom is 0.295 e. The largest absolute Gasteiger partial charge is 0.508 e. The van der Waals surface area contributed by atoms with E-state index >= 15 is 0 Å². The van der Waals surface area contributed by atoms with E-state index < -0.39 is 17.7 Å². The van der Waals surface area contributed by atoms with E-state index in [4.69, 9.17) is 9.47 Å². The molecule has 2 heterocycles. The lowest BCUT2D eigenvalue weighted by atomic mass is 9.95. The number of aromatic hydroxyl groups is 1. The lowest BCUT2D eigenvalue weighted by Gasteiger charge is -2.31. The number of ether oxygens (including phenoxy) is 2. The highest BCUT2D eigenvalue weighted by atomic mass is 16.5. The van der Waals surface area contributed by atoms with Crippen LogP contribution in [-0.2, 0) is 20.9 Å². The monoisotopic (exact) mass is 528 g/mol. The first kappa shape index (κ1) is 26.5. The third kappa shape index (κ3) is 5.97. The SMILES string of the molecule is Cc1cccc(COc2ccc(C(O)=C3C(=O)C(=O)N(CCN4CCOCC4)C3c3ccc(O)cc3)cc2)c1. The maximum atomic E-state index is 13.3. The summed E-state index contributed by atoms with van der Waals surface area (Å²) in [6.07, 6.45) is 0. The van der Waals surface area contributed by atoms with Crippen molar-refractivity contribution in [1.29, 1.82) is 0 Å². The molecule has 8 heteroatoms. The van der Waals surface area contributed by atoms with Crippen LogP contribution in [-0.4, -0.2) is 71.1 Å². The van der Waals surface area contributed by atoms with E-state index in [0.29, 0.717) is 49.8 Å². The third-order valence-electron chi connectivity index (χ3n) is 7.13. The Labute approximate surface area is 227 Å². The molecule has 3 aromatic rings. The van der Waals surface area contributed by atoms with Crippen molar-refractivity contribution in [2.75, 3.05) is 39.4 Å². The Kier molecular flexibility index (Phi) is 7.95. The average molecular weight is 529 g/mol. The zero-order chi connectivity index (χ0) is 27.4. The summed E-state index contributed by atoms with van der Waals surface area (Å²) in [5, 5.41) is 21.1. The molecule has 0 aliphatic carbocycles. The summed E-state index contributed by atoms with van der Waals surface area (Å²) in [6.45, 7) is 6.10. The zero-order valence-corrected chi connectivity index (χ0v) is 21.9. The summed E-state index contributed by atoms with van der Waals surface area (Å²) in [4.78, 5) is 30.2. The van der Waals surface area contributed by atoms with Crippen LogP contribution in [0.25, 0.3) is 5.76 Å². The Morgan fingerprint density at radius 1 is 0.974 bits per heavy atom. The quantitative estimate of drug-likeness (QED) is 0.259. The standard InChI is InChI=1S/C31H32N2O6/c1-21-3-2-4-22(19-21)20-39-26-11-7-24(8-12-26)29(35)27-28(23-5-9-25(34)10-6-23)33(31(37)30(27)36)14-13-32-15-17-38-18-16-32/h2-12,19,28,34-35H,13-18,20H2,1H3. The molecule has 39 heavy (non-hydrogen) atoms. The summed E-state index contributed by atoms with van der Waals surface area (Å²) in [5.41, 5.74) is 3.27. The van der Waals surface area contributed by atoms with Crippen molar-refractivity contribution in [3.05, 3.63) is 101 Å². The molecule has 8 nitrogen and oxygen atoms in total. The Morgan fingerprint density at radius 3 is 2.38 bits per heavy atom. The molecule has 1 atom stereocenters. The number of benzene rings is 3. The molecule has 1 unspecified atom stereocenters. The van der Waals surface area contributed by atoms with Crippen LogP contribution < -0.4 is 4.74 Å². The molecule has 0 radical (unpaired) electrons. The fourth-order valence-corrected chi connectivity index (χ4v) is 5.02. The van der Waals surface area contributed by atoms with Gasteiger partial charge >= 0.3 is 0 Å². The van der Waals surface area contributed by atoms with E-state index in [1.165, 1.54) is 17.0 Å². The van der Waals surface area contributed by atoms with Gasteiger partial charge in [0.15, 0.2) is 0 Å². The molecule has 2 N–H and O–H groups in total. The summed E-state index contributed by atoms with van der Waals surface area (Å²) in [5.74, 6) is -0.932. The van der Waals surface area contributed by atoms with Crippen LogP contribution in [0.4, 0.5) is 0 Å². The van der Waals surface area contributed by atoms with Crippen molar-refractivity contribution in [1.82, 2.24) is 9.80 Å². The average Bonchev–Trinajstić information content (AvgIpc) is 3.21. The van der Waals surface area contributed by atoms with Gasteiger partial charge in [0.25, 0.3) is 11.7 Å². The number of hydrogen-bond donors (Lipinski definition) is 2. The van der Waals surface area contributed by atoms with Crippen molar-refractivity contribution in [3.63, 3.8) is 0 Å². The number of likely N-dealkylation sites (tertiary alicyclic amines) is 1. The van der Waals surface area contributed by atoms with Gasteiger partial charge in [-0.1, -0.05) is 42.0 Å². The number of aliphatic hydroxyl groups is 1. The number of phenols is 1. The van der Waals surface area contributed by atoms with Crippen LogP contribution in [0.2, 0.25) is 0 Å². The first-order valence-corrected chi connectivity index (χ1v) is 13.1. The zero-order valence-electron chi connectivity index (χ0n) is 21.9. The Balaban J connectivity index is 1.41. The Morgan fingerprint density at radius 2 is 1.69 bits per heavy atom. The molecule has 2 aliphatic rings. The predicted octanol–water partition coefficient (Wildman–Crippen LogP) is 4.03. The van der Waals surface area contributed by atoms with Gasteiger partial charge in [0, 0.05) is 31.7 Å². The lowest BCUT2D eigenvalue weighted by Crippen LogP contribution is -2.42. The van der Waals surface area contributed by atoms with Crippen LogP contribution in [0.15, 0.2) is 78.4 Å². The number of carbonyl (C=O) groups excluding carboxylic acids is 2. The molecule has 2 aliphatic heterocycles. The molecule has 2 fully saturated rings. The van der Waals surface area contributed by atoms with Gasteiger partial charge in [-0.15, -0.1) is 0 Å². The molecule has 5 rings (SSSR count). The van der Waals surface area contributed by atoms with E-state index in [0.717, 1.165) is 24.2 Å². The number of carbonyl (C=O) groups is 2. The van der Waals surface area contributed by atoms with Crippen LogP contribution in [0.1, 0.15) is 28.3 Å². The normalized spacial score (nSPS) is 19.4. The third-order valence-corrected chi connectivity index (χ3v) is 7.13. The first-order valence-electron chi connectivity index (χ1n) is 13.1. The van der Waals surface area contributed by atoms with Crippen molar-refractivity contribution in [2.24, 2.45) is 0 Å². The van der Waals surface area contributed by atoms with Crippen LogP contribution in [0.3, 0.4) is 0 Å². The van der Waals surface area contributed by atoms with Crippen molar-refractivity contribution >= 4 is 17.4 Å². The topological polar surface area (TPSA) is 99.5 Å². The minimum Gasteiger partial charge on any atom is -0.508 e. The predicted molar refractivity (Wildman–Crippen MR) is 146 cm³/mol. The summed E-state index contributed by atoms with van der Waals surface area (Å²) in [6, 6.07) is 20.5. The van der Waals surface area contributed by atoms with Gasteiger partial charge in [-0.3, -0.25) is 14.5 Å². The number of ketones is 1. The number of nitrogens with zero attached hydrogens (tertiary/aromatic N) is 2. The molecular formula is C31H32N2O6. The second kappa shape index (κ2) is 11.7. The van der Waals surface area contributed by atoms with Gasteiger partial charge in [0.05, 0.1) is 24.8 Å². The van der Waals surface area contributed by atoms with Crippen LogP contribution in [0, 0.1) is 6.92 Å². The number of morpholine rings is 1. The minimum atomic E-state index is -0.774. The highest BCUT2D eigenvalue weighted by Gasteiger charge is 2.46. The maximum absolute atomic E-state index is 13.3. The molecule has 0 saturated carbocycles. The van der Waals surface area contributed by atoms with Gasteiger partial charge in [0.1, 0.15) is 23.9 Å². The fourth-order valence-electron chi connectivity index (χ4n) is 5.02. The first-order chi connectivity index (χ1) is 18.9. The molecule has 202 valence electrons. The summed E-state index contributed by atoms with van der Waals surface area (Å²) < 4.78 is 11.3. The Bertz CT molecular complexity index is 1360. The van der Waals surface area contributed by atoms with Crippen LogP contribution in [0.5, 0.6) is 11.5 Å². The molecule has 0 aromatic heterocycles. The van der Waals surface area contributed by atoms with Gasteiger partial charge < -0.3 is 24.6 Å². The molecule has 1 amide bonds. The highest BCUT2D eigenvalue weighted by molar-refractivity contribution is 6.46. The van der Waals surface area contributed by atoms with Gasteiger partial charge in [0.2, 0.25) is 0 Å². The summed E-state index contributed by atoms with van der Waals surface area (Å²) in [7, 11) is 0. The molecule has 0 bridgehead atoms. The number of aryl methyl sites for hydroxylation is 1.